The summed E-state index contributed by atoms with van der Waals surface area (Å²) in [6, 6.07) is 7.00. The third-order valence-corrected chi connectivity index (χ3v) is 3.27. The van der Waals surface area contributed by atoms with Gasteiger partial charge in [-0.15, -0.1) is 0 Å². The summed E-state index contributed by atoms with van der Waals surface area (Å²) < 4.78 is 0. The maximum atomic E-state index is 10.9. The molecule has 2 rings (SSSR count). The molecule has 1 aliphatic carbocycles. The van der Waals surface area contributed by atoms with Crippen molar-refractivity contribution in [3.63, 3.8) is 0 Å². The second-order valence-corrected chi connectivity index (χ2v) is 4.74. The molecule has 0 heterocycles. The van der Waals surface area contributed by atoms with Crippen molar-refractivity contribution in [2.24, 2.45) is 0 Å². The fourth-order valence-corrected chi connectivity index (χ4v) is 1.97. The molecule has 0 aromatic heterocycles. The van der Waals surface area contributed by atoms with Gasteiger partial charge in [-0.3, -0.25) is 10.1 Å². The zero-order valence-corrected chi connectivity index (χ0v) is 10.8. The van der Waals surface area contributed by atoms with Gasteiger partial charge in [-0.25, -0.2) is 0 Å². The monoisotopic (exact) mass is 260 g/mol. The lowest BCUT2D eigenvalue weighted by Gasteiger charge is -2.16. The lowest BCUT2D eigenvalue weighted by atomic mass is 10.2. The van der Waals surface area contributed by atoms with Crippen LogP contribution in [0.2, 0.25) is 0 Å². The van der Waals surface area contributed by atoms with E-state index in [1.54, 1.807) is 0 Å². The topological polar surface area (TPSA) is 82.2 Å². The zero-order valence-electron chi connectivity index (χ0n) is 10.8. The zero-order chi connectivity index (χ0) is 13.8. The molecule has 6 nitrogen and oxygen atoms in total. The van der Waals surface area contributed by atoms with Gasteiger partial charge in [0.2, 0.25) is 0 Å². The van der Waals surface area contributed by atoms with Gasteiger partial charge in [-0.1, -0.05) is 0 Å². The number of nitro groups is 1. The van der Waals surface area contributed by atoms with Crippen molar-refractivity contribution in [3.8, 4) is 6.07 Å². The molecule has 0 aliphatic heterocycles. The van der Waals surface area contributed by atoms with Gasteiger partial charge in [-0.05, 0) is 32.0 Å². The highest BCUT2D eigenvalue weighted by atomic mass is 16.6. The fourth-order valence-electron chi connectivity index (χ4n) is 1.97. The first-order valence-corrected chi connectivity index (χ1v) is 6.24. The maximum absolute atomic E-state index is 10.9. The Labute approximate surface area is 111 Å². The lowest BCUT2D eigenvalue weighted by Crippen LogP contribution is -2.27. The second-order valence-electron chi connectivity index (χ2n) is 4.74. The molecule has 19 heavy (non-hydrogen) atoms. The number of anilines is 1. The molecule has 1 aromatic carbocycles. The van der Waals surface area contributed by atoms with Gasteiger partial charge in [0.05, 0.1) is 16.6 Å². The first-order chi connectivity index (χ1) is 9.11. The van der Waals surface area contributed by atoms with Crippen LogP contribution in [0, 0.1) is 21.4 Å². The van der Waals surface area contributed by atoms with Crippen molar-refractivity contribution in [3.05, 3.63) is 33.9 Å². The number of likely N-dealkylation sites (N-methyl/N-ethyl adjacent to an activating group) is 1. The van der Waals surface area contributed by atoms with Crippen molar-refractivity contribution in [2.45, 2.75) is 18.9 Å². The van der Waals surface area contributed by atoms with Gasteiger partial charge >= 0.3 is 0 Å². The fraction of sp³-hybridized carbons (Fsp3) is 0.462. The summed E-state index contributed by atoms with van der Waals surface area (Å²) in [5.41, 5.74) is 0.838. The Bertz CT molecular complexity index is 520. The molecule has 6 heteroatoms. The smallest absolute Gasteiger partial charge is 0.292 e. The Balaban J connectivity index is 2.00. The first-order valence-electron chi connectivity index (χ1n) is 6.24. The predicted octanol–water partition coefficient (Wildman–Crippen LogP) is 1.97. The van der Waals surface area contributed by atoms with E-state index in [9.17, 15) is 10.1 Å². The number of rotatable bonds is 6. The standard InChI is InChI=1S/C13H16N4O2/c1-16(11-3-4-11)7-6-15-12-8-10(9-14)2-5-13(12)17(18)19/h2,5,8,11,15H,3-4,6-7H2,1H3. The van der Waals surface area contributed by atoms with Crippen LogP contribution >= 0.6 is 0 Å². The molecule has 0 radical (unpaired) electrons. The maximum Gasteiger partial charge on any atom is 0.292 e. The number of benzene rings is 1. The molecule has 100 valence electrons. The average molecular weight is 260 g/mol. The van der Waals surface area contributed by atoms with E-state index in [1.165, 1.54) is 31.0 Å². The van der Waals surface area contributed by atoms with Gasteiger partial charge in [0.25, 0.3) is 5.69 Å². The van der Waals surface area contributed by atoms with Crippen LogP contribution in [0.25, 0.3) is 0 Å². The van der Waals surface area contributed by atoms with Crippen molar-refractivity contribution in [2.75, 3.05) is 25.5 Å². The first kappa shape index (κ1) is 13.3. The summed E-state index contributed by atoms with van der Waals surface area (Å²) in [7, 11) is 2.06. The molecule has 0 amide bonds. The molecular weight excluding hydrogens is 244 g/mol. The minimum Gasteiger partial charge on any atom is -0.378 e. The number of nitriles is 1. The van der Waals surface area contributed by atoms with Crippen LogP contribution < -0.4 is 5.32 Å². The molecule has 1 aromatic rings. The third kappa shape index (κ3) is 3.42. The summed E-state index contributed by atoms with van der Waals surface area (Å²) in [6.07, 6.45) is 2.47. The minimum absolute atomic E-state index is 0.00748. The summed E-state index contributed by atoms with van der Waals surface area (Å²) in [5.74, 6) is 0. The van der Waals surface area contributed by atoms with Crippen LogP contribution in [0.15, 0.2) is 18.2 Å². The SMILES string of the molecule is CN(CCNc1cc(C#N)ccc1[N+](=O)[O-])C1CC1. The highest BCUT2D eigenvalue weighted by molar-refractivity contribution is 5.64. The van der Waals surface area contributed by atoms with Crippen LogP contribution in [0.3, 0.4) is 0 Å². The van der Waals surface area contributed by atoms with Crippen LogP contribution in [0.1, 0.15) is 18.4 Å². The molecule has 0 atom stereocenters. The van der Waals surface area contributed by atoms with E-state index in [-0.39, 0.29) is 5.69 Å². The van der Waals surface area contributed by atoms with Gasteiger partial charge in [-0.2, -0.15) is 5.26 Å². The highest BCUT2D eigenvalue weighted by Crippen LogP contribution is 2.26. The van der Waals surface area contributed by atoms with Crippen molar-refractivity contribution >= 4 is 11.4 Å². The van der Waals surface area contributed by atoms with E-state index in [0.717, 1.165) is 6.54 Å². The van der Waals surface area contributed by atoms with Gasteiger partial charge < -0.3 is 10.2 Å². The number of nitro benzene ring substituents is 1. The van der Waals surface area contributed by atoms with Gasteiger partial charge in [0, 0.05) is 25.2 Å². The summed E-state index contributed by atoms with van der Waals surface area (Å²) in [4.78, 5) is 12.7. The number of hydrogen-bond acceptors (Lipinski definition) is 5. The molecule has 0 bridgehead atoms. The number of nitrogens with one attached hydrogen (secondary N) is 1. The molecule has 1 N–H and O–H groups in total. The van der Waals surface area contributed by atoms with Crippen molar-refractivity contribution in [1.29, 1.82) is 5.26 Å². The Hall–Kier alpha value is -2.13. The summed E-state index contributed by atoms with van der Waals surface area (Å²) in [5, 5.41) is 22.8. The largest absolute Gasteiger partial charge is 0.378 e. The quantitative estimate of drug-likeness (QED) is 0.624. The van der Waals surface area contributed by atoms with Crippen LogP contribution in [-0.2, 0) is 0 Å². The highest BCUT2D eigenvalue weighted by Gasteiger charge is 2.25. The molecular formula is C13H16N4O2. The average Bonchev–Trinajstić information content (AvgIpc) is 3.22. The number of hydrogen-bond donors (Lipinski definition) is 1. The Kier molecular flexibility index (Phi) is 3.97. The minimum atomic E-state index is -0.436. The lowest BCUT2D eigenvalue weighted by molar-refractivity contribution is -0.384. The van der Waals surface area contributed by atoms with Crippen LogP contribution in [0.4, 0.5) is 11.4 Å². The molecule has 0 unspecified atom stereocenters. The van der Waals surface area contributed by atoms with E-state index in [1.807, 2.05) is 6.07 Å². The summed E-state index contributed by atoms with van der Waals surface area (Å²) in [6.45, 7) is 1.46. The summed E-state index contributed by atoms with van der Waals surface area (Å²) >= 11 is 0. The Morgan fingerprint density at radius 1 is 1.58 bits per heavy atom. The van der Waals surface area contributed by atoms with Crippen molar-refractivity contribution in [1.82, 2.24) is 4.90 Å². The van der Waals surface area contributed by atoms with E-state index in [2.05, 4.69) is 17.3 Å². The molecule has 0 saturated heterocycles. The predicted molar refractivity (Wildman–Crippen MR) is 72.0 cm³/mol. The molecule has 1 aliphatic rings. The third-order valence-electron chi connectivity index (χ3n) is 3.27. The Morgan fingerprint density at radius 2 is 2.32 bits per heavy atom. The second kappa shape index (κ2) is 5.67. The van der Waals surface area contributed by atoms with Crippen LogP contribution in [-0.4, -0.2) is 36.0 Å². The van der Waals surface area contributed by atoms with E-state index < -0.39 is 4.92 Å². The molecule has 1 fully saturated rings. The van der Waals surface area contributed by atoms with E-state index >= 15 is 0 Å². The molecule has 0 spiro atoms. The number of nitrogens with zero attached hydrogens (tertiary/aromatic N) is 3. The Morgan fingerprint density at radius 3 is 2.89 bits per heavy atom. The van der Waals surface area contributed by atoms with Gasteiger partial charge in [0.1, 0.15) is 5.69 Å². The van der Waals surface area contributed by atoms with Crippen LogP contribution in [0.5, 0.6) is 0 Å². The molecule has 1 saturated carbocycles. The normalized spacial score (nSPS) is 14.2. The van der Waals surface area contributed by atoms with Gasteiger partial charge in [0.15, 0.2) is 0 Å². The van der Waals surface area contributed by atoms with E-state index in [4.69, 9.17) is 5.26 Å². The van der Waals surface area contributed by atoms with Crippen molar-refractivity contribution < 1.29 is 4.92 Å². The van der Waals surface area contributed by atoms with E-state index in [0.29, 0.717) is 23.8 Å².